The molecule has 1 fully saturated rings. The standard InChI is InChI=1S/C13H20N4OS/c1-9(19-11-8-15-5-6-16-11)7-13(2,12(14)18)17-10-3-4-10/h5-6,8-10,17H,3-4,7H2,1-2H3,(H2,14,18). The monoisotopic (exact) mass is 280 g/mol. The van der Waals surface area contributed by atoms with E-state index in [1.807, 2.05) is 6.92 Å². The lowest BCUT2D eigenvalue weighted by Gasteiger charge is -2.30. The molecule has 5 nitrogen and oxygen atoms in total. The van der Waals surface area contributed by atoms with E-state index in [2.05, 4.69) is 22.2 Å². The molecular weight excluding hydrogens is 260 g/mol. The Kier molecular flexibility index (Phi) is 4.42. The van der Waals surface area contributed by atoms with E-state index in [1.165, 1.54) is 0 Å². The smallest absolute Gasteiger partial charge is 0.237 e. The van der Waals surface area contributed by atoms with Gasteiger partial charge in [0, 0.05) is 23.7 Å². The van der Waals surface area contributed by atoms with Gasteiger partial charge in [-0.05, 0) is 26.2 Å². The molecule has 104 valence electrons. The molecule has 6 heteroatoms. The van der Waals surface area contributed by atoms with Gasteiger partial charge in [-0.25, -0.2) is 4.98 Å². The van der Waals surface area contributed by atoms with Crippen molar-refractivity contribution in [2.45, 2.75) is 55.0 Å². The quantitative estimate of drug-likeness (QED) is 0.737. The fraction of sp³-hybridized carbons (Fsp3) is 0.615. The normalized spacial score (nSPS) is 19.7. The van der Waals surface area contributed by atoms with Crippen LogP contribution in [0.4, 0.5) is 0 Å². The summed E-state index contributed by atoms with van der Waals surface area (Å²) < 4.78 is 0. The summed E-state index contributed by atoms with van der Waals surface area (Å²) in [4.78, 5) is 20.0. The first-order chi connectivity index (χ1) is 8.99. The third kappa shape index (κ3) is 4.18. The summed E-state index contributed by atoms with van der Waals surface area (Å²) in [5.74, 6) is -0.286. The van der Waals surface area contributed by atoms with E-state index in [9.17, 15) is 4.79 Å². The van der Waals surface area contributed by atoms with Gasteiger partial charge in [0.25, 0.3) is 0 Å². The molecule has 0 aliphatic heterocycles. The van der Waals surface area contributed by atoms with Crippen LogP contribution in [0.2, 0.25) is 0 Å². The van der Waals surface area contributed by atoms with Gasteiger partial charge in [-0.3, -0.25) is 9.78 Å². The molecule has 19 heavy (non-hydrogen) atoms. The van der Waals surface area contributed by atoms with Crippen LogP contribution >= 0.6 is 11.8 Å². The van der Waals surface area contributed by atoms with Crippen molar-refractivity contribution in [2.75, 3.05) is 0 Å². The maximum absolute atomic E-state index is 11.7. The molecule has 0 spiro atoms. The summed E-state index contributed by atoms with van der Waals surface area (Å²) in [6.07, 6.45) is 8.00. The Labute approximate surface area is 117 Å². The molecule has 1 aromatic heterocycles. The predicted molar refractivity (Wildman–Crippen MR) is 75.7 cm³/mol. The Morgan fingerprint density at radius 2 is 2.37 bits per heavy atom. The van der Waals surface area contributed by atoms with Gasteiger partial charge in [-0.15, -0.1) is 11.8 Å². The highest BCUT2D eigenvalue weighted by molar-refractivity contribution is 7.99. The van der Waals surface area contributed by atoms with Crippen LogP contribution in [0.3, 0.4) is 0 Å². The molecule has 1 heterocycles. The van der Waals surface area contributed by atoms with E-state index in [1.54, 1.807) is 30.4 Å². The third-order valence-electron chi connectivity index (χ3n) is 3.20. The zero-order valence-electron chi connectivity index (χ0n) is 11.3. The highest BCUT2D eigenvalue weighted by atomic mass is 32.2. The Morgan fingerprint density at radius 3 is 2.89 bits per heavy atom. The molecule has 1 aliphatic rings. The lowest BCUT2D eigenvalue weighted by atomic mass is 9.95. The minimum Gasteiger partial charge on any atom is -0.368 e. The number of carbonyl (C=O) groups is 1. The minimum absolute atomic E-state index is 0.237. The zero-order valence-corrected chi connectivity index (χ0v) is 12.1. The van der Waals surface area contributed by atoms with E-state index in [0.29, 0.717) is 12.5 Å². The van der Waals surface area contributed by atoms with Crippen molar-refractivity contribution in [3.05, 3.63) is 18.6 Å². The molecule has 1 aliphatic carbocycles. The number of aromatic nitrogens is 2. The second kappa shape index (κ2) is 5.88. The minimum atomic E-state index is -0.643. The first-order valence-corrected chi connectivity index (χ1v) is 7.38. The SMILES string of the molecule is CC(CC(C)(NC1CC1)C(N)=O)Sc1cnccn1. The number of amides is 1. The molecule has 0 bridgehead atoms. The lowest BCUT2D eigenvalue weighted by molar-refractivity contribution is -0.124. The third-order valence-corrected chi connectivity index (χ3v) is 4.22. The van der Waals surface area contributed by atoms with Crippen LogP contribution in [0.1, 0.15) is 33.1 Å². The number of nitrogens with one attached hydrogen (secondary N) is 1. The van der Waals surface area contributed by atoms with Crippen LogP contribution < -0.4 is 11.1 Å². The molecule has 1 amide bonds. The van der Waals surface area contributed by atoms with Crippen molar-refractivity contribution in [1.29, 1.82) is 0 Å². The Hall–Kier alpha value is -1.14. The van der Waals surface area contributed by atoms with Gasteiger partial charge in [0.2, 0.25) is 5.91 Å². The summed E-state index contributed by atoms with van der Waals surface area (Å²) in [5, 5.41) is 4.46. The number of rotatable bonds is 7. The van der Waals surface area contributed by atoms with Crippen molar-refractivity contribution in [3.8, 4) is 0 Å². The fourth-order valence-corrected chi connectivity index (χ4v) is 3.15. The number of nitrogens with two attached hydrogens (primary N) is 1. The summed E-state index contributed by atoms with van der Waals surface area (Å²) in [6, 6.07) is 0.450. The van der Waals surface area contributed by atoms with Crippen LogP contribution in [-0.4, -0.2) is 32.7 Å². The molecule has 2 atom stereocenters. The Morgan fingerprint density at radius 1 is 1.63 bits per heavy atom. The number of nitrogens with zero attached hydrogens (tertiary/aromatic N) is 2. The van der Waals surface area contributed by atoms with E-state index in [-0.39, 0.29) is 11.2 Å². The van der Waals surface area contributed by atoms with Gasteiger partial charge in [-0.1, -0.05) is 6.92 Å². The second-order valence-corrected chi connectivity index (χ2v) is 6.75. The van der Waals surface area contributed by atoms with Crippen molar-refractivity contribution in [1.82, 2.24) is 15.3 Å². The highest BCUT2D eigenvalue weighted by Crippen LogP contribution is 2.30. The molecule has 2 rings (SSSR count). The van der Waals surface area contributed by atoms with E-state index in [0.717, 1.165) is 17.9 Å². The fourth-order valence-electron chi connectivity index (χ4n) is 2.08. The number of hydrogen-bond acceptors (Lipinski definition) is 5. The predicted octanol–water partition coefficient (Wildman–Crippen LogP) is 1.34. The highest BCUT2D eigenvalue weighted by Gasteiger charge is 2.38. The van der Waals surface area contributed by atoms with Crippen molar-refractivity contribution < 1.29 is 4.79 Å². The average Bonchev–Trinajstić information content (AvgIpc) is 3.13. The molecule has 0 aromatic carbocycles. The van der Waals surface area contributed by atoms with Gasteiger partial charge >= 0.3 is 0 Å². The molecule has 3 N–H and O–H groups in total. The van der Waals surface area contributed by atoms with Gasteiger partial charge in [0.1, 0.15) is 5.03 Å². The molecule has 2 unspecified atom stereocenters. The van der Waals surface area contributed by atoms with E-state index >= 15 is 0 Å². The number of hydrogen-bond donors (Lipinski definition) is 2. The van der Waals surface area contributed by atoms with Gasteiger partial charge < -0.3 is 11.1 Å². The second-order valence-electron chi connectivity index (χ2n) is 5.29. The molecule has 0 saturated heterocycles. The summed E-state index contributed by atoms with van der Waals surface area (Å²) in [5.41, 5.74) is 4.91. The first-order valence-electron chi connectivity index (χ1n) is 6.50. The lowest BCUT2D eigenvalue weighted by Crippen LogP contribution is -2.55. The average molecular weight is 280 g/mol. The first kappa shape index (κ1) is 14.3. The number of thioether (sulfide) groups is 1. The summed E-state index contributed by atoms with van der Waals surface area (Å²) in [6.45, 7) is 3.97. The van der Waals surface area contributed by atoms with E-state index in [4.69, 9.17) is 5.73 Å². The van der Waals surface area contributed by atoms with E-state index < -0.39 is 5.54 Å². The zero-order chi connectivity index (χ0) is 13.9. The maximum Gasteiger partial charge on any atom is 0.237 e. The molecular formula is C13H20N4OS. The van der Waals surface area contributed by atoms with Gasteiger partial charge in [-0.2, -0.15) is 0 Å². The van der Waals surface area contributed by atoms with Crippen molar-refractivity contribution in [3.63, 3.8) is 0 Å². The Bertz CT molecular complexity index is 438. The van der Waals surface area contributed by atoms with Crippen LogP contribution in [0, 0.1) is 0 Å². The van der Waals surface area contributed by atoms with Crippen molar-refractivity contribution in [2.24, 2.45) is 5.73 Å². The molecule has 1 saturated carbocycles. The van der Waals surface area contributed by atoms with Crippen molar-refractivity contribution >= 4 is 17.7 Å². The van der Waals surface area contributed by atoms with Crippen LogP contribution in [-0.2, 0) is 4.79 Å². The van der Waals surface area contributed by atoms with Crippen LogP contribution in [0.5, 0.6) is 0 Å². The van der Waals surface area contributed by atoms with Gasteiger partial charge in [0.15, 0.2) is 0 Å². The van der Waals surface area contributed by atoms with Crippen LogP contribution in [0.25, 0.3) is 0 Å². The van der Waals surface area contributed by atoms with Gasteiger partial charge in [0.05, 0.1) is 11.7 Å². The number of primary amides is 1. The maximum atomic E-state index is 11.7. The summed E-state index contributed by atoms with van der Waals surface area (Å²) >= 11 is 1.61. The molecule has 0 radical (unpaired) electrons. The topological polar surface area (TPSA) is 80.9 Å². The Balaban J connectivity index is 1.94. The number of carbonyl (C=O) groups excluding carboxylic acids is 1. The van der Waals surface area contributed by atoms with Crippen LogP contribution in [0.15, 0.2) is 23.6 Å². The largest absolute Gasteiger partial charge is 0.368 e. The molecule has 1 aromatic rings. The summed E-state index contributed by atoms with van der Waals surface area (Å²) in [7, 11) is 0.